The smallest absolute Gasteiger partial charge is 0.391 e. The first-order valence-electron chi connectivity index (χ1n) is 6.46. The van der Waals surface area contributed by atoms with Gasteiger partial charge in [-0.3, -0.25) is 4.79 Å². The number of ether oxygens (including phenoxy) is 2. The van der Waals surface area contributed by atoms with E-state index < -0.39 is 30.5 Å². The number of amides is 1. The molecule has 1 amide bonds. The Bertz CT molecular complexity index is 574. The summed E-state index contributed by atoms with van der Waals surface area (Å²) < 4.78 is 46.9. The van der Waals surface area contributed by atoms with Crippen molar-refractivity contribution in [1.82, 2.24) is 5.32 Å². The molecule has 1 atom stereocenters. The Morgan fingerprint density at radius 2 is 1.83 bits per heavy atom. The number of halogens is 3. The molecule has 128 valence electrons. The van der Waals surface area contributed by atoms with Crippen LogP contribution in [-0.4, -0.2) is 43.4 Å². The monoisotopic (exact) mass is 335 g/mol. The summed E-state index contributed by atoms with van der Waals surface area (Å²) in [6.45, 7) is 0. The zero-order chi connectivity index (χ0) is 17.6. The molecule has 0 fully saturated rings. The Morgan fingerprint density at radius 3 is 2.30 bits per heavy atom. The number of carbonyl (C=O) groups is 2. The second-order valence-corrected chi connectivity index (χ2v) is 4.64. The molecule has 0 heterocycles. The second kappa shape index (κ2) is 7.70. The van der Waals surface area contributed by atoms with Crippen molar-refractivity contribution in [3.05, 3.63) is 23.8 Å². The molecule has 0 aromatic heterocycles. The molecule has 9 heteroatoms. The first-order valence-corrected chi connectivity index (χ1v) is 6.46. The highest BCUT2D eigenvalue weighted by Gasteiger charge is 2.36. The quantitative estimate of drug-likeness (QED) is 0.793. The van der Waals surface area contributed by atoms with E-state index in [9.17, 15) is 22.8 Å². The van der Waals surface area contributed by atoms with Crippen LogP contribution in [0, 0.1) is 0 Å². The van der Waals surface area contributed by atoms with Gasteiger partial charge in [-0.05, 0) is 17.7 Å². The maximum absolute atomic E-state index is 12.3. The Hall–Kier alpha value is -2.45. The first kappa shape index (κ1) is 18.6. The lowest BCUT2D eigenvalue weighted by atomic mass is 10.1. The van der Waals surface area contributed by atoms with E-state index in [1.54, 1.807) is 0 Å². The Labute approximate surface area is 130 Å². The summed E-state index contributed by atoms with van der Waals surface area (Å²) in [6.07, 6.45) is -6.62. The third-order valence-corrected chi connectivity index (χ3v) is 2.88. The van der Waals surface area contributed by atoms with Gasteiger partial charge < -0.3 is 19.9 Å². The van der Waals surface area contributed by atoms with Crippen molar-refractivity contribution in [2.24, 2.45) is 0 Å². The predicted molar refractivity (Wildman–Crippen MR) is 73.5 cm³/mol. The number of alkyl halides is 3. The molecule has 1 aromatic carbocycles. The van der Waals surface area contributed by atoms with Gasteiger partial charge in [0, 0.05) is 0 Å². The van der Waals surface area contributed by atoms with Gasteiger partial charge in [0.1, 0.15) is 6.04 Å². The molecule has 0 bridgehead atoms. The highest BCUT2D eigenvalue weighted by molar-refractivity contribution is 5.85. The fourth-order valence-corrected chi connectivity index (χ4v) is 1.85. The number of carboxylic acid groups (broad SMARTS) is 1. The first-order chi connectivity index (χ1) is 10.7. The number of hydrogen-bond acceptors (Lipinski definition) is 4. The van der Waals surface area contributed by atoms with Gasteiger partial charge in [0.2, 0.25) is 5.91 Å². The molecule has 23 heavy (non-hydrogen) atoms. The summed E-state index contributed by atoms with van der Waals surface area (Å²) in [5.74, 6) is -1.81. The normalized spacial score (nSPS) is 12.4. The SMILES string of the molecule is COc1ccc(CC(=O)NC(CC(F)(F)F)C(=O)O)cc1OC. The van der Waals surface area contributed by atoms with Crippen LogP contribution in [0.25, 0.3) is 0 Å². The molecule has 2 N–H and O–H groups in total. The third-order valence-electron chi connectivity index (χ3n) is 2.88. The summed E-state index contributed by atoms with van der Waals surface area (Å²) in [5.41, 5.74) is 0.441. The second-order valence-electron chi connectivity index (χ2n) is 4.64. The average molecular weight is 335 g/mol. The van der Waals surface area contributed by atoms with Gasteiger partial charge in [0.15, 0.2) is 11.5 Å². The molecule has 0 saturated carbocycles. The van der Waals surface area contributed by atoms with Crippen LogP contribution in [0.1, 0.15) is 12.0 Å². The molecular weight excluding hydrogens is 319 g/mol. The summed E-state index contributed by atoms with van der Waals surface area (Å²) in [6, 6.07) is 2.52. The van der Waals surface area contributed by atoms with E-state index in [0.717, 1.165) is 0 Å². The molecule has 0 aliphatic heterocycles. The molecule has 0 radical (unpaired) electrons. The molecule has 0 saturated heterocycles. The van der Waals surface area contributed by atoms with E-state index in [-0.39, 0.29) is 6.42 Å². The lowest BCUT2D eigenvalue weighted by molar-refractivity contribution is -0.159. The van der Waals surface area contributed by atoms with Crippen LogP contribution in [0.3, 0.4) is 0 Å². The number of carbonyl (C=O) groups excluding carboxylic acids is 1. The van der Waals surface area contributed by atoms with Crippen LogP contribution in [0.15, 0.2) is 18.2 Å². The van der Waals surface area contributed by atoms with Crippen molar-refractivity contribution in [3.8, 4) is 11.5 Å². The standard InChI is InChI=1S/C14H16F3NO5/c1-22-10-4-3-8(5-11(10)23-2)6-12(19)18-9(13(20)21)7-14(15,16)17/h3-5,9H,6-7H2,1-2H3,(H,18,19)(H,20,21). The number of aliphatic carboxylic acids is 1. The van der Waals surface area contributed by atoms with Gasteiger partial charge in [-0.2, -0.15) is 13.2 Å². The molecule has 1 unspecified atom stereocenters. The number of carboxylic acids is 1. The number of methoxy groups -OCH3 is 2. The Morgan fingerprint density at radius 1 is 1.22 bits per heavy atom. The molecule has 1 aromatic rings. The van der Waals surface area contributed by atoms with E-state index in [1.807, 2.05) is 5.32 Å². The van der Waals surface area contributed by atoms with Gasteiger partial charge in [0.25, 0.3) is 0 Å². The maximum Gasteiger partial charge on any atom is 0.391 e. The fraction of sp³-hybridized carbons (Fsp3) is 0.429. The minimum atomic E-state index is -4.69. The van der Waals surface area contributed by atoms with Crippen molar-refractivity contribution in [1.29, 1.82) is 0 Å². The minimum absolute atomic E-state index is 0.290. The van der Waals surface area contributed by atoms with E-state index in [1.165, 1.54) is 32.4 Å². The molecule has 1 rings (SSSR count). The summed E-state index contributed by atoms with van der Waals surface area (Å²) >= 11 is 0. The van der Waals surface area contributed by atoms with Gasteiger partial charge >= 0.3 is 12.1 Å². The minimum Gasteiger partial charge on any atom is -0.493 e. The number of benzene rings is 1. The van der Waals surface area contributed by atoms with Crippen molar-refractivity contribution < 1.29 is 37.3 Å². The van der Waals surface area contributed by atoms with Crippen LogP contribution in [-0.2, 0) is 16.0 Å². The van der Waals surface area contributed by atoms with Crippen molar-refractivity contribution >= 4 is 11.9 Å². The zero-order valence-corrected chi connectivity index (χ0v) is 12.4. The Kier molecular flexibility index (Phi) is 6.23. The number of nitrogens with one attached hydrogen (secondary N) is 1. The van der Waals surface area contributed by atoms with Crippen LogP contribution in [0.5, 0.6) is 11.5 Å². The zero-order valence-electron chi connectivity index (χ0n) is 12.4. The molecule has 0 aliphatic carbocycles. The lowest BCUT2D eigenvalue weighted by Gasteiger charge is -2.16. The van der Waals surface area contributed by atoms with Gasteiger partial charge in [-0.1, -0.05) is 6.07 Å². The molecule has 0 aliphatic rings. The van der Waals surface area contributed by atoms with E-state index >= 15 is 0 Å². The van der Waals surface area contributed by atoms with Gasteiger partial charge in [-0.15, -0.1) is 0 Å². The Balaban J connectivity index is 2.76. The van der Waals surface area contributed by atoms with E-state index in [2.05, 4.69) is 0 Å². The van der Waals surface area contributed by atoms with Crippen LogP contribution >= 0.6 is 0 Å². The van der Waals surface area contributed by atoms with Crippen molar-refractivity contribution in [3.63, 3.8) is 0 Å². The molecule has 6 nitrogen and oxygen atoms in total. The molecular formula is C14H16F3NO5. The highest BCUT2D eigenvalue weighted by atomic mass is 19.4. The van der Waals surface area contributed by atoms with Crippen molar-refractivity contribution in [2.45, 2.75) is 25.1 Å². The largest absolute Gasteiger partial charge is 0.493 e. The predicted octanol–water partition coefficient (Wildman–Crippen LogP) is 1.77. The van der Waals surface area contributed by atoms with Gasteiger partial charge in [-0.25, -0.2) is 4.79 Å². The summed E-state index contributed by atoms with van der Waals surface area (Å²) in [4.78, 5) is 22.6. The van der Waals surface area contributed by atoms with Gasteiger partial charge in [0.05, 0.1) is 27.1 Å². The van der Waals surface area contributed by atoms with E-state index in [4.69, 9.17) is 14.6 Å². The number of rotatable bonds is 7. The van der Waals surface area contributed by atoms with E-state index in [0.29, 0.717) is 17.1 Å². The maximum atomic E-state index is 12.3. The summed E-state index contributed by atoms with van der Waals surface area (Å²) in [7, 11) is 2.82. The third kappa shape index (κ3) is 6.05. The number of hydrogen-bond donors (Lipinski definition) is 2. The van der Waals surface area contributed by atoms with Crippen LogP contribution < -0.4 is 14.8 Å². The molecule has 0 spiro atoms. The lowest BCUT2D eigenvalue weighted by Crippen LogP contribution is -2.44. The van der Waals surface area contributed by atoms with Crippen molar-refractivity contribution in [2.75, 3.05) is 14.2 Å². The summed E-state index contributed by atoms with van der Waals surface area (Å²) in [5, 5.41) is 10.6. The average Bonchev–Trinajstić information content (AvgIpc) is 2.44. The van der Waals surface area contributed by atoms with Crippen LogP contribution in [0.2, 0.25) is 0 Å². The fourth-order valence-electron chi connectivity index (χ4n) is 1.85. The topological polar surface area (TPSA) is 84.9 Å². The highest BCUT2D eigenvalue weighted by Crippen LogP contribution is 2.27. The van der Waals surface area contributed by atoms with Crippen LogP contribution in [0.4, 0.5) is 13.2 Å².